The molecule has 1 aliphatic heterocycles. The first-order chi connectivity index (χ1) is 9.19. The Labute approximate surface area is 113 Å². The van der Waals surface area contributed by atoms with E-state index < -0.39 is 0 Å². The van der Waals surface area contributed by atoms with E-state index in [1.165, 1.54) is 18.8 Å². The lowest BCUT2D eigenvalue weighted by Gasteiger charge is -2.11. The minimum Gasteiger partial charge on any atom is -0.352 e. The van der Waals surface area contributed by atoms with Crippen LogP contribution in [-0.4, -0.2) is 42.5 Å². The van der Waals surface area contributed by atoms with Gasteiger partial charge in [0.15, 0.2) is 0 Å². The molecule has 1 N–H and O–H groups in total. The summed E-state index contributed by atoms with van der Waals surface area (Å²) in [5.41, 5.74) is 0.854. The molecule has 2 heterocycles. The Morgan fingerprint density at radius 1 is 1.63 bits per heavy atom. The average Bonchev–Trinajstić information content (AvgIpc) is 2.84. The summed E-state index contributed by atoms with van der Waals surface area (Å²) >= 11 is 0. The monoisotopic (exact) mass is 258 g/mol. The molecule has 1 aliphatic rings. The van der Waals surface area contributed by atoms with Gasteiger partial charge in [-0.15, -0.1) is 0 Å². The molecular weight excluding hydrogens is 240 g/mol. The summed E-state index contributed by atoms with van der Waals surface area (Å²) in [5, 5.41) is 11.6. The number of nitrogens with one attached hydrogen (secondary N) is 1. The minimum absolute atomic E-state index is 0.157. The Morgan fingerprint density at radius 2 is 2.47 bits per heavy atom. The molecule has 0 aliphatic carbocycles. The van der Waals surface area contributed by atoms with Gasteiger partial charge in [-0.05, 0) is 38.4 Å². The smallest absolute Gasteiger partial charge is 0.252 e. The van der Waals surface area contributed by atoms with Crippen LogP contribution in [0.2, 0.25) is 0 Å². The summed E-state index contributed by atoms with van der Waals surface area (Å²) in [6, 6.07) is 3.54. The second kappa shape index (κ2) is 6.30. The van der Waals surface area contributed by atoms with E-state index in [9.17, 15) is 4.79 Å². The topological polar surface area (TPSA) is 69.0 Å². The number of hydrogen-bond donors (Lipinski definition) is 1. The van der Waals surface area contributed by atoms with Gasteiger partial charge in [-0.1, -0.05) is 0 Å². The summed E-state index contributed by atoms with van der Waals surface area (Å²) in [5.74, 6) is 0.518. The van der Waals surface area contributed by atoms with E-state index >= 15 is 0 Å². The van der Waals surface area contributed by atoms with Gasteiger partial charge >= 0.3 is 0 Å². The molecule has 1 amide bonds. The summed E-state index contributed by atoms with van der Waals surface area (Å²) in [4.78, 5) is 18.1. The van der Waals surface area contributed by atoms with E-state index in [0.717, 1.165) is 19.5 Å². The van der Waals surface area contributed by atoms with Crippen molar-refractivity contribution in [2.24, 2.45) is 5.92 Å². The first kappa shape index (κ1) is 13.5. The second-order valence-corrected chi connectivity index (χ2v) is 5.04. The van der Waals surface area contributed by atoms with Crippen LogP contribution in [0.15, 0.2) is 18.5 Å². The van der Waals surface area contributed by atoms with E-state index in [4.69, 9.17) is 5.26 Å². The van der Waals surface area contributed by atoms with Gasteiger partial charge in [0.1, 0.15) is 6.07 Å². The van der Waals surface area contributed by atoms with E-state index in [1.54, 1.807) is 6.07 Å². The average molecular weight is 258 g/mol. The molecule has 1 atom stereocenters. The molecule has 0 aromatic carbocycles. The van der Waals surface area contributed by atoms with Crippen molar-refractivity contribution in [3.05, 3.63) is 29.6 Å². The molecular formula is C14H18N4O. The Bertz CT molecular complexity index is 494. The van der Waals surface area contributed by atoms with Crippen LogP contribution in [0.1, 0.15) is 28.8 Å². The zero-order valence-electron chi connectivity index (χ0n) is 11.1. The number of carbonyl (C=O) groups is 1. The van der Waals surface area contributed by atoms with Crippen LogP contribution in [0, 0.1) is 17.2 Å². The maximum atomic E-state index is 11.9. The van der Waals surface area contributed by atoms with Gasteiger partial charge in [0.25, 0.3) is 5.91 Å². The van der Waals surface area contributed by atoms with Crippen molar-refractivity contribution in [1.29, 1.82) is 5.26 Å². The Kier molecular flexibility index (Phi) is 4.48. The quantitative estimate of drug-likeness (QED) is 0.875. The lowest BCUT2D eigenvalue weighted by molar-refractivity contribution is 0.0951. The van der Waals surface area contributed by atoms with Crippen molar-refractivity contribution in [2.75, 3.05) is 26.7 Å². The zero-order valence-corrected chi connectivity index (χ0v) is 11.1. The molecule has 0 bridgehead atoms. The molecule has 0 spiro atoms. The summed E-state index contributed by atoms with van der Waals surface area (Å²) in [7, 11) is 2.12. The number of likely N-dealkylation sites (tertiary alicyclic amines) is 1. The van der Waals surface area contributed by atoms with Crippen LogP contribution in [0.25, 0.3) is 0 Å². The number of rotatable bonds is 4. The van der Waals surface area contributed by atoms with Crippen LogP contribution in [0.5, 0.6) is 0 Å². The van der Waals surface area contributed by atoms with E-state index in [2.05, 4.69) is 22.2 Å². The first-order valence-electron chi connectivity index (χ1n) is 6.51. The normalized spacial score (nSPS) is 19.1. The van der Waals surface area contributed by atoms with Crippen LogP contribution >= 0.6 is 0 Å². The van der Waals surface area contributed by atoms with Crippen molar-refractivity contribution in [3.8, 4) is 6.07 Å². The number of hydrogen-bond acceptors (Lipinski definition) is 4. The third kappa shape index (κ3) is 3.76. The number of amides is 1. The van der Waals surface area contributed by atoms with Crippen LogP contribution in [-0.2, 0) is 0 Å². The predicted octanol–water partition coefficient (Wildman–Crippen LogP) is 1.02. The van der Waals surface area contributed by atoms with Gasteiger partial charge in [0, 0.05) is 25.5 Å². The highest BCUT2D eigenvalue weighted by Gasteiger charge is 2.19. The third-order valence-electron chi connectivity index (χ3n) is 3.46. The molecule has 100 valence electrons. The van der Waals surface area contributed by atoms with E-state index in [-0.39, 0.29) is 5.91 Å². The Balaban J connectivity index is 1.79. The Hall–Kier alpha value is -1.93. The lowest BCUT2D eigenvalue weighted by atomic mass is 10.1. The van der Waals surface area contributed by atoms with Crippen molar-refractivity contribution in [3.63, 3.8) is 0 Å². The molecule has 1 unspecified atom stereocenters. The van der Waals surface area contributed by atoms with Crippen LogP contribution in [0.4, 0.5) is 0 Å². The Morgan fingerprint density at radius 3 is 3.16 bits per heavy atom. The molecule has 19 heavy (non-hydrogen) atoms. The number of nitriles is 1. The first-order valence-corrected chi connectivity index (χ1v) is 6.51. The van der Waals surface area contributed by atoms with E-state index in [0.29, 0.717) is 23.6 Å². The lowest BCUT2D eigenvalue weighted by Crippen LogP contribution is -2.26. The fourth-order valence-corrected chi connectivity index (χ4v) is 2.38. The molecule has 1 saturated heterocycles. The van der Waals surface area contributed by atoms with Crippen LogP contribution in [0.3, 0.4) is 0 Å². The van der Waals surface area contributed by atoms with Gasteiger partial charge in [0.05, 0.1) is 11.1 Å². The van der Waals surface area contributed by atoms with Crippen molar-refractivity contribution >= 4 is 5.91 Å². The number of pyridine rings is 1. The standard InChI is InChI=1S/C14H18N4O/c1-18-5-3-11(10-18)2-4-17-14(19)13-6-12(7-15)8-16-9-13/h6,8-9,11H,2-5,10H2,1H3,(H,17,19). The fourth-order valence-electron chi connectivity index (χ4n) is 2.38. The highest BCUT2D eigenvalue weighted by Crippen LogP contribution is 2.17. The van der Waals surface area contributed by atoms with Gasteiger partial charge in [-0.3, -0.25) is 9.78 Å². The van der Waals surface area contributed by atoms with Crippen molar-refractivity contribution in [1.82, 2.24) is 15.2 Å². The molecule has 5 heteroatoms. The summed E-state index contributed by atoms with van der Waals surface area (Å²) < 4.78 is 0. The van der Waals surface area contributed by atoms with E-state index in [1.807, 2.05) is 6.07 Å². The SMILES string of the molecule is CN1CCC(CCNC(=O)c2cncc(C#N)c2)C1. The molecule has 1 aromatic heterocycles. The van der Waals surface area contributed by atoms with Crippen LogP contribution < -0.4 is 5.32 Å². The summed E-state index contributed by atoms with van der Waals surface area (Å²) in [6.45, 7) is 2.93. The predicted molar refractivity (Wildman–Crippen MR) is 71.5 cm³/mol. The molecule has 5 nitrogen and oxygen atoms in total. The maximum Gasteiger partial charge on any atom is 0.252 e. The van der Waals surface area contributed by atoms with Gasteiger partial charge in [-0.25, -0.2) is 0 Å². The van der Waals surface area contributed by atoms with Gasteiger partial charge in [-0.2, -0.15) is 5.26 Å². The zero-order chi connectivity index (χ0) is 13.7. The number of nitrogens with zero attached hydrogens (tertiary/aromatic N) is 3. The second-order valence-electron chi connectivity index (χ2n) is 5.04. The molecule has 0 saturated carbocycles. The third-order valence-corrected chi connectivity index (χ3v) is 3.46. The van der Waals surface area contributed by atoms with Crippen molar-refractivity contribution in [2.45, 2.75) is 12.8 Å². The fraction of sp³-hybridized carbons (Fsp3) is 0.500. The molecule has 1 aromatic rings. The number of carbonyl (C=O) groups excluding carboxylic acids is 1. The van der Waals surface area contributed by atoms with Crippen molar-refractivity contribution < 1.29 is 4.79 Å². The van der Waals surface area contributed by atoms with Gasteiger partial charge < -0.3 is 10.2 Å². The molecule has 0 radical (unpaired) electrons. The molecule has 1 fully saturated rings. The number of aromatic nitrogens is 1. The van der Waals surface area contributed by atoms with Gasteiger partial charge in [0.2, 0.25) is 0 Å². The highest BCUT2D eigenvalue weighted by molar-refractivity contribution is 5.94. The highest BCUT2D eigenvalue weighted by atomic mass is 16.1. The largest absolute Gasteiger partial charge is 0.352 e. The molecule has 2 rings (SSSR count). The summed E-state index contributed by atoms with van der Waals surface area (Å²) in [6.07, 6.45) is 5.14. The maximum absolute atomic E-state index is 11.9. The minimum atomic E-state index is -0.157.